The smallest absolute Gasteiger partial charge is 0.161 e. The molecule has 0 amide bonds. The van der Waals surface area contributed by atoms with Gasteiger partial charge in [-0.15, -0.1) is 0 Å². The quantitative estimate of drug-likeness (QED) is 0.656. The van der Waals surface area contributed by atoms with Gasteiger partial charge in [0.15, 0.2) is 5.75 Å². The van der Waals surface area contributed by atoms with E-state index in [0.717, 1.165) is 18.7 Å². The Morgan fingerprint density at radius 1 is 1.25 bits per heavy atom. The molecule has 0 saturated carbocycles. The summed E-state index contributed by atoms with van der Waals surface area (Å²) >= 11 is 0. The van der Waals surface area contributed by atoms with E-state index in [1.54, 1.807) is 7.11 Å². The van der Waals surface area contributed by atoms with Crippen LogP contribution in [-0.2, 0) is 0 Å². The molecule has 0 aliphatic rings. The number of hydrogen-bond donors (Lipinski definition) is 1. The maximum absolute atomic E-state index is 5.51. The van der Waals surface area contributed by atoms with Crippen LogP contribution in [0, 0.1) is 0 Å². The Labute approximate surface area is 123 Å². The number of nitrogens with one attached hydrogen (secondary N) is 1. The second kappa shape index (κ2) is 9.01. The van der Waals surface area contributed by atoms with E-state index in [1.807, 2.05) is 6.20 Å². The van der Waals surface area contributed by atoms with Crippen molar-refractivity contribution in [3.63, 3.8) is 0 Å². The lowest BCUT2D eigenvalue weighted by Crippen LogP contribution is -2.25. The average molecular weight is 281 g/mol. The maximum Gasteiger partial charge on any atom is 0.161 e. The van der Waals surface area contributed by atoms with Gasteiger partial charge < -0.3 is 10.1 Å². The van der Waals surface area contributed by atoms with Crippen molar-refractivity contribution in [3.8, 4) is 5.75 Å². The van der Waals surface area contributed by atoms with Gasteiger partial charge in [0.25, 0.3) is 0 Å². The molecule has 0 saturated heterocycles. The molecule has 1 atom stereocenters. The van der Waals surface area contributed by atoms with Crippen LogP contribution in [0.1, 0.15) is 77.6 Å². The summed E-state index contributed by atoms with van der Waals surface area (Å²) in [4.78, 5) is 0. The summed E-state index contributed by atoms with van der Waals surface area (Å²) in [5.74, 6) is 0.903. The topological polar surface area (TPSA) is 39.1 Å². The van der Waals surface area contributed by atoms with Crippen LogP contribution >= 0.6 is 0 Å². The third-order valence-corrected chi connectivity index (χ3v) is 3.63. The van der Waals surface area contributed by atoms with Crippen molar-refractivity contribution in [2.75, 3.05) is 13.7 Å². The fraction of sp³-hybridized carbons (Fsp3) is 0.812. The van der Waals surface area contributed by atoms with Crippen molar-refractivity contribution in [3.05, 3.63) is 11.9 Å². The number of unbranched alkanes of at least 4 members (excludes halogenated alkanes) is 3. The predicted octanol–water partition coefficient (Wildman–Crippen LogP) is 4.09. The molecule has 0 aliphatic heterocycles. The second-order valence-electron chi connectivity index (χ2n) is 5.60. The van der Waals surface area contributed by atoms with Crippen LogP contribution in [0.15, 0.2) is 6.20 Å². The lowest BCUT2D eigenvalue weighted by molar-refractivity contribution is 0.374. The van der Waals surface area contributed by atoms with Crippen LogP contribution in [0.3, 0.4) is 0 Å². The van der Waals surface area contributed by atoms with Crippen molar-refractivity contribution in [2.24, 2.45) is 0 Å². The number of ether oxygens (including phenoxy) is 1. The van der Waals surface area contributed by atoms with Crippen molar-refractivity contribution in [1.29, 1.82) is 0 Å². The number of hydrogen-bond acceptors (Lipinski definition) is 3. The molecule has 116 valence electrons. The minimum Gasteiger partial charge on any atom is -0.493 e. The number of methoxy groups -OCH3 is 1. The van der Waals surface area contributed by atoms with Gasteiger partial charge >= 0.3 is 0 Å². The molecule has 4 heteroatoms. The van der Waals surface area contributed by atoms with E-state index >= 15 is 0 Å². The Hall–Kier alpha value is -1.03. The molecule has 1 heterocycles. The van der Waals surface area contributed by atoms with E-state index in [2.05, 4.69) is 42.8 Å². The molecule has 1 aromatic heterocycles. The highest BCUT2D eigenvalue weighted by Crippen LogP contribution is 2.30. The SMILES string of the molecule is CCCCCCC(NCC)c1c(OC)cnn1C(C)C. The van der Waals surface area contributed by atoms with Gasteiger partial charge in [-0.25, -0.2) is 0 Å². The highest BCUT2D eigenvalue weighted by atomic mass is 16.5. The Bertz CT molecular complexity index is 374. The molecule has 0 spiro atoms. The molecule has 20 heavy (non-hydrogen) atoms. The number of aromatic nitrogens is 2. The average Bonchev–Trinajstić information content (AvgIpc) is 2.86. The van der Waals surface area contributed by atoms with Gasteiger partial charge in [0.05, 0.1) is 25.0 Å². The summed E-state index contributed by atoms with van der Waals surface area (Å²) in [5, 5.41) is 8.08. The number of nitrogens with zero attached hydrogens (tertiary/aromatic N) is 2. The molecule has 1 aromatic rings. The molecular formula is C16H31N3O. The van der Waals surface area contributed by atoms with E-state index < -0.39 is 0 Å². The zero-order valence-electron chi connectivity index (χ0n) is 13.8. The standard InChI is InChI=1S/C16H31N3O/c1-6-8-9-10-11-14(17-7-2)16-15(20-5)12-18-19(16)13(3)4/h12-14,17H,6-11H2,1-5H3. The van der Waals surface area contributed by atoms with Crippen LogP contribution in [-0.4, -0.2) is 23.4 Å². The van der Waals surface area contributed by atoms with Gasteiger partial charge in [-0.2, -0.15) is 5.10 Å². The molecule has 0 aromatic carbocycles. The summed E-state index contributed by atoms with van der Waals surface area (Å²) in [5.41, 5.74) is 1.20. The Morgan fingerprint density at radius 2 is 2.00 bits per heavy atom. The first-order chi connectivity index (χ1) is 9.65. The second-order valence-corrected chi connectivity index (χ2v) is 5.60. The highest BCUT2D eigenvalue weighted by molar-refractivity contribution is 5.28. The van der Waals surface area contributed by atoms with Crippen molar-refractivity contribution >= 4 is 0 Å². The lowest BCUT2D eigenvalue weighted by Gasteiger charge is -2.22. The highest BCUT2D eigenvalue weighted by Gasteiger charge is 2.22. The van der Waals surface area contributed by atoms with Crippen LogP contribution in [0.2, 0.25) is 0 Å². The molecule has 1 rings (SSSR count). The fourth-order valence-electron chi connectivity index (χ4n) is 2.61. The molecule has 4 nitrogen and oxygen atoms in total. The predicted molar refractivity (Wildman–Crippen MR) is 84.3 cm³/mol. The van der Waals surface area contributed by atoms with Crippen LogP contribution < -0.4 is 10.1 Å². The van der Waals surface area contributed by atoms with Crippen LogP contribution in [0.25, 0.3) is 0 Å². The van der Waals surface area contributed by atoms with E-state index in [9.17, 15) is 0 Å². The zero-order chi connectivity index (χ0) is 15.0. The van der Waals surface area contributed by atoms with Gasteiger partial charge in [-0.3, -0.25) is 4.68 Å². The summed E-state index contributed by atoms with van der Waals surface area (Å²) in [6.45, 7) is 9.69. The molecule has 0 bridgehead atoms. The number of rotatable bonds is 10. The summed E-state index contributed by atoms with van der Waals surface area (Å²) < 4.78 is 7.60. The van der Waals surface area contributed by atoms with E-state index in [1.165, 1.54) is 31.4 Å². The Morgan fingerprint density at radius 3 is 2.55 bits per heavy atom. The third kappa shape index (κ3) is 4.51. The van der Waals surface area contributed by atoms with E-state index in [-0.39, 0.29) is 0 Å². The van der Waals surface area contributed by atoms with E-state index in [0.29, 0.717) is 12.1 Å². The van der Waals surface area contributed by atoms with Crippen molar-refractivity contribution in [1.82, 2.24) is 15.1 Å². The fourth-order valence-corrected chi connectivity index (χ4v) is 2.61. The van der Waals surface area contributed by atoms with Gasteiger partial charge in [-0.05, 0) is 26.8 Å². The van der Waals surface area contributed by atoms with Gasteiger partial charge in [0, 0.05) is 6.04 Å². The first-order valence-electron chi connectivity index (χ1n) is 8.00. The van der Waals surface area contributed by atoms with Gasteiger partial charge in [0.2, 0.25) is 0 Å². The van der Waals surface area contributed by atoms with Crippen molar-refractivity contribution in [2.45, 2.75) is 71.9 Å². The first kappa shape index (κ1) is 17.0. The van der Waals surface area contributed by atoms with Gasteiger partial charge in [-0.1, -0.05) is 39.5 Å². The van der Waals surface area contributed by atoms with Gasteiger partial charge in [0.1, 0.15) is 0 Å². The molecule has 1 N–H and O–H groups in total. The van der Waals surface area contributed by atoms with Crippen molar-refractivity contribution < 1.29 is 4.74 Å². The lowest BCUT2D eigenvalue weighted by atomic mass is 10.0. The molecule has 0 aliphatic carbocycles. The summed E-state index contributed by atoms with van der Waals surface area (Å²) in [7, 11) is 1.73. The third-order valence-electron chi connectivity index (χ3n) is 3.63. The summed E-state index contributed by atoms with van der Waals surface area (Å²) in [6, 6.07) is 0.683. The Balaban J connectivity index is 2.85. The molecule has 0 radical (unpaired) electrons. The first-order valence-corrected chi connectivity index (χ1v) is 8.00. The molecule has 1 unspecified atom stereocenters. The largest absolute Gasteiger partial charge is 0.493 e. The maximum atomic E-state index is 5.51. The normalized spacial score (nSPS) is 12.9. The Kier molecular flexibility index (Phi) is 7.67. The zero-order valence-corrected chi connectivity index (χ0v) is 13.8. The monoisotopic (exact) mass is 281 g/mol. The minimum atomic E-state index is 0.330. The molecule has 0 fully saturated rings. The van der Waals surface area contributed by atoms with Crippen LogP contribution in [0.5, 0.6) is 5.75 Å². The summed E-state index contributed by atoms with van der Waals surface area (Å²) in [6.07, 6.45) is 8.13. The minimum absolute atomic E-state index is 0.330. The van der Waals surface area contributed by atoms with Crippen LogP contribution in [0.4, 0.5) is 0 Å². The van der Waals surface area contributed by atoms with E-state index in [4.69, 9.17) is 4.74 Å². The molecular weight excluding hydrogens is 250 g/mol.